The van der Waals surface area contributed by atoms with Gasteiger partial charge in [0.15, 0.2) is 0 Å². The summed E-state index contributed by atoms with van der Waals surface area (Å²) in [7, 11) is 0. The molecule has 1 aromatic rings. The van der Waals surface area contributed by atoms with Gasteiger partial charge in [0.2, 0.25) is 0 Å². The van der Waals surface area contributed by atoms with Crippen LogP contribution in [0.4, 0.5) is 4.39 Å². The number of benzene rings is 1. The van der Waals surface area contributed by atoms with Crippen molar-refractivity contribution in [3.05, 3.63) is 29.6 Å². The highest BCUT2D eigenvalue weighted by atomic mass is 19.1. The van der Waals surface area contributed by atoms with Crippen molar-refractivity contribution in [2.24, 2.45) is 11.1 Å². The average Bonchev–Trinajstić information content (AvgIpc) is 2.26. The average molecular weight is 255 g/mol. The van der Waals surface area contributed by atoms with Crippen LogP contribution >= 0.6 is 0 Å². The fourth-order valence-corrected chi connectivity index (χ4v) is 1.33. The number of carbonyl (C=O) groups is 1. The highest BCUT2D eigenvalue weighted by Gasteiger charge is 2.28. The van der Waals surface area contributed by atoms with Crippen molar-refractivity contribution in [2.75, 3.05) is 6.61 Å². The van der Waals surface area contributed by atoms with E-state index in [0.29, 0.717) is 11.3 Å². The number of halogens is 1. The number of carboxylic acid groups (broad SMARTS) is 1. The largest absolute Gasteiger partial charge is 0.492 e. The number of rotatable bonds is 5. The van der Waals surface area contributed by atoms with Crippen molar-refractivity contribution >= 4 is 5.97 Å². The molecule has 0 aliphatic carbocycles. The summed E-state index contributed by atoms with van der Waals surface area (Å²) in [6.45, 7) is 4.79. The van der Waals surface area contributed by atoms with Crippen LogP contribution in [0.15, 0.2) is 18.2 Å². The molecular weight excluding hydrogens is 237 g/mol. The van der Waals surface area contributed by atoms with Crippen LogP contribution in [0.25, 0.3) is 0 Å². The van der Waals surface area contributed by atoms with Gasteiger partial charge in [0.1, 0.15) is 18.2 Å². The summed E-state index contributed by atoms with van der Waals surface area (Å²) in [6, 6.07) is 3.75. The van der Waals surface area contributed by atoms with E-state index in [1.54, 1.807) is 26.8 Å². The van der Waals surface area contributed by atoms with Crippen LogP contribution in [0.1, 0.15) is 32.4 Å². The Morgan fingerprint density at radius 1 is 1.56 bits per heavy atom. The van der Waals surface area contributed by atoms with Gasteiger partial charge < -0.3 is 15.6 Å². The molecule has 0 aromatic heterocycles. The second-order valence-corrected chi connectivity index (χ2v) is 4.95. The summed E-state index contributed by atoms with van der Waals surface area (Å²) in [5.74, 6) is -1.12. The molecule has 0 saturated carbocycles. The van der Waals surface area contributed by atoms with Crippen molar-refractivity contribution < 1.29 is 19.0 Å². The molecule has 0 radical (unpaired) electrons. The maximum atomic E-state index is 13.2. The topological polar surface area (TPSA) is 72.5 Å². The molecule has 0 saturated heterocycles. The highest BCUT2D eigenvalue weighted by molar-refractivity contribution is 5.73. The van der Waals surface area contributed by atoms with Gasteiger partial charge in [-0.15, -0.1) is 0 Å². The van der Waals surface area contributed by atoms with E-state index in [2.05, 4.69) is 0 Å². The Kier molecular flexibility index (Phi) is 4.29. The Morgan fingerprint density at radius 3 is 2.67 bits per heavy atom. The first-order chi connectivity index (χ1) is 8.24. The van der Waals surface area contributed by atoms with E-state index in [0.717, 1.165) is 0 Å². The normalized spacial score (nSPS) is 13.2. The van der Waals surface area contributed by atoms with Crippen molar-refractivity contribution in [2.45, 2.75) is 26.8 Å². The number of hydrogen-bond donors (Lipinski definition) is 2. The van der Waals surface area contributed by atoms with E-state index in [1.807, 2.05) is 0 Å². The summed E-state index contributed by atoms with van der Waals surface area (Å²) in [5, 5.41) is 8.97. The Bertz CT molecular complexity index is 444. The number of aliphatic carboxylic acids is 1. The minimum atomic E-state index is -1.04. The monoisotopic (exact) mass is 255 g/mol. The molecule has 0 aliphatic heterocycles. The van der Waals surface area contributed by atoms with Crippen LogP contribution in [0.2, 0.25) is 0 Å². The maximum absolute atomic E-state index is 13.2. The maximum Gasteiger partial charge on any atom is 0.312 e. The number of ether oxygens (including phenoxy) is 1. The van der Waals surface area contributed by atoms with E-state index in [1.165, 1.54) is 12.1 Å². The van der Waals surface area contributed by atoms with E-state index in [9.17, 15) is 9.18 Å². The molecule has 18 heavy (non-hydrogen) atoms. The molecule has 100 valence electrons. The smallest absolute Gasteiger partial charge is 0.312 e. The molecule has 4 nitrogen and oxygen atoms in total. The minimum absolute atomic E-state index is 0.0501. The highest BCUT2D eigenvalue weighted by Crippen LogP contribution is 2.27. The van der Waals surface area contributed by atoms with Gasteiger partial charge in [-0.25, -0.2) is 4.39 Å². The third kappa shape index (κ3) is 3.43. The quantitative estimate of drug-likeness (QED) is 0.847. The molecule has 1 atom stereocenters. The summed E-state index contributed by atoms with van der Waals surface area (Å²) in [4.78, 5) is 10.9. The first kappa shape index (κ1) is 14.4. The predicted molar refractivity (Wildman–Crippen MR) is 65.9 cm³/mol. The van der Waals surface area contributed by atoms with Crippen LogP contribution < -0.4 is 10.5 Å². The SMILES string of the molecule is C[C@@H](N)c1ccc(F)cc1OCC(C)(C)C(=O)O. The van der Waals surface area contributed by atoms with Crippen LogP contribution in [-0.4, -0.2) is 17.7 Å². The lowest BCUT2D eigenvalue weighted by Gasteiger charge is -2.21. The number of nitrogens with two attached hydrogens (primary N) is 1. The fraction of sp³-hybridized carbons (Fsp3) is 0.462. The van der Waals surface area contributed by atoms with Gasteiger partial charge in [-0.3, -0.25) is 4.79 Å². The zero-order chi connectivity index (χ0) is 13.9. The molecule has 3 N–H and O–H groups in total. The lowest BCUT2D eigenvalue weighted by Crippen LogP contribution is -2.31. The van der Waals surface area contributed by atoms with Crippen LogP contribution in [0.5, 0.6) is 5.75 Å². The number of hydrogen-bond acceptors (Lipinski definition) is 3. The Balaban J connectivity index is 2.90. The molecule has 0 aliphatic rings. The molecule has 0 spiro atoms. The zero-order valence-electron chi connectivity index (χ0n) is 10.7. The predicted octanol–water partition coefficient (Wildman–Crippen LogP) is 2.33. The second kappa shape index (κ2) is 5.35. The fourth-order valence-electron chi connectivity index (χ4n) is 1.33. The Hall–Kier alpha value is -1.62. The van der Waals surface area contributed by atoms with E-state index in [-0.39, 0.29) is 12.6 Å². The lowest BCUT2D eigenvalue weighted by molar-refractivity contribution is -0.148. The molecule has 0 heterocycles. The molecular formula is C13H18FNO3. The van der Waals surface area contributed by atoms with Gasteiger partial charge in [-0.2, -0.15) is 0 Å². The van der Waals surface area contributed by atoms with Crippen LogP contribution in [0.3, 0.4) is 0 Å². The summed E-state index contributed by atoms with van der Waals surface area (Å²) >= 11 is 0. The zero-order valence-corrected chi connectivity index (χ0v) is 10.7. The third-order valence-corrected chi connectivity index (χ3v) is 2.63. The van der Waals surface area contributed by atoms with Gasteiger partial charge in [-0.1, -0.05) is 6.07 Å². The lowest BCUT2D eigenvalue weighted by atomic mass is 9.95. The van der Waals surface area contributed by atoms with E-state index in [4.69, 9.17) is 15.6 Å². The molecule has 0 fully saturated rings. The van der Waals surface area contributed by atoms with Crippen molar-refractivity contribution in [3.63, 3.8) is 0 Å². The summed E-state index contributed by atoms with van der Waals surface area (Å²) < 4.78 is 18.6. The molecule has 1 rings (SSSR count). The molecule has 0 amide bonds. The van der Waals surface area contributed by atoms with Crippen molar-refractivity contribution in [1.29, 1.82) is 0 Å². The first-order valence-corrected chi connectivity index (χ1v) is 5.65. The molecule has 0 bridgehead atoms. The summed E-state index contributed by atoms with van der Waals surface area (Å²) in [5.41, 5.74) is 5.36. The van der Waals surface area contributed by atoms with E-state index < -0.39 is 17.2 Å². The van der Waals surface area contributed by atoms with Gasteiger partial charge in [-0.05, 0) is 26.8 Å². The van der Waals surface area contributed by atoms with Gasteiger partial charge in [0.05, 0.1) is 5.41 Å². The second-order valence-electron chi connectivity index (χ2n) is 4.95. The molecule has 1 aromatic carbocycles. The van der Waals surface area contributed by atoms with Crippen molar-refractivity contribution in [3.8, 4) is 5.75 Å². The molecule has 5 heteroatoms. The van der Waals surface area contributed by atoms with Gasteiger partial charge in [0.25, 0.3) is 0 Å². The first-order valence-electron chi connectivity index (χ1n) is 5.65. The van der Waals surface area contributed by atoms with Crippen molar-refractivity contribution in [1.82, 2.24) is 0 Å². The summed E-state index contributed by atoms with van der Waals surface area (Å²) in [6.07, 6.45) is 0. The minimum Gasteiger partial charge on any atom is -0.492 e. The van der Waals surface area contributed by atoms with Crippen LogP contribution in [0, 0.1) is 11.2 Å². The Morgan fingerprint density at radius 2 is 2.17 bits per heavy atom. The number of carboxylic acids is 1. The standard InChI is InChI=1S/C13H18FNO3/c1-8(15)10-5-4-9(14)6-11(10)18-7-13(2,3)12(16)17/h4-6,8H,7,15H2,1-3H3,(H,16,17)/t8-/m1/s1. The van der Waals surface area contributed by atoms with Gasteiger partial charge in [0, 0.05) is 17.7 Å². The molecule has 0 unspecified atom stereocenters. The Labute approximate surface area is 106 Å². The third-order valence-electron chi connectivity index (χ3n) is 2.63. The van der Waals surface area contributed by atoms with Gasteiger partial charge >= 0.3 is 5.97 Å². The van der Waals surface area contributed by atoms with Crippen LogP contribution in [-0.2, 0) is 4.79 Å². The van der Waals surface area contributed by atoms with E-state index >= 15 is 0 Å².